The maximum Gasteiger partial charge on any atom is 0.153 e. The van der Waals surface area contributed by atoms with Crippen LogP contribution in [0.5, 0.6) is 0 Å². The number of nitrogens with zero attached hydrogens (tertiary/aromatic N) is 4. The molecule has 1 unspecified atom stereocenters. The molecular weight excluding hydrogens is 264 g/mol. The summed E-state index contributed by atoms with van der Waals surface area (Å²) in [5, 5.41) is 9.19. The molecule has 0 aliphatic rings. The van der Waals surface area contributed by atoms with Gasteiger partial charge in [-0.25, -0.2) is 0 Å². The summed E-state index contributed by atoms with van der Waals surface area (Å²) in [5.74, 6) is 0. The standard InChI is InChI=1S/C16H24N4O/c1-5-12(4)19-9-8-13(17-19)10-20-16(7-3)14(11-21)15(6-2)18-20/h8-9,11-12H,5-7,10H2,1-4H3. The highest BCUT2D eigenvalue weighted by atomic mass is 16.1. The zero-order valence-electron chi connectivity index (χ0n) is 13.3. The zero-order chi connectivity index (χ0) is 15.4. The van der Waals surface area contributed by atoms with Gasteiger partial charge in [0.2, 0.25) is 0 Å². The summed E-state index contributed by atoms with van der Waals surface area (Å²) in [6.45, 7) is 9.00. The van der Waals surface area contributed by atoms with E-state index in [1.807, 2.05) is 28.6 Å². The van der Waals surface area contributed by atoms with Gasteiger partial charge in [-0.1, -0.05) is 20.8 Å². The fourth-order valence-electron chi connectivity index (χ4n) is 2.51. The van der Waals surface area contributed by atoms with E-state index in [4.69, 9.17) is 0 Å². The van der Waals surface area contributed by atoms with Crippen LogP contribution in [0.15, 0.2) is 12.3 Å². The first-order chi connectivity index (χ1) is 10.1. The van der Waals surface area contributed by atoms with Crippen LogP contribution in [0, 0.1) is 0 Å². The third-order valence-electron chi connectivity index (χ3n) is 3.98. The van der Waals surface area contributed by atoms with Crippen molar-refractivity contribution < 1.29 is 4.79 Å². The Labute approximate surface area is 126 Å². The van der Waals surface area contributed by atoms with Crippen LogP contribution in [0.4, 0.5) is 0 Å². The second-order valence-corrected chi connectivity index (χ2v) is 5.33. The minimum Gasteiger partial charge on any atom is -0.298 e. The highest BCUT2D eigenvalue weighted by molar-refractivity contribution is 5.78. The molecule has 0 aliphatic heterocycles. The van der Waals surface area contributed by atoms with Crippen LogP contribution in [-0.4, -0.2) is 25.8 Å². The molecular formula is C16H24N4O. The summed E-state index contributed by atoms with van der Waals surface area (Å²) in [4.78, 5) is 11.3. The summed E-state index contributed by atoms with van der Waals surface area (Å²) in [7, 11) is 0. The molecule has 2 aromatic rings. The van der Waals surface area contributed by atoms with Crippen LogP contribution in [-0.2, 0) is 19.4 Å². The third kappa shape index (κ3) is 3.06. The number of aryl methyl sites for hydroxylation is 1. The van der Waals surface area contributed by atoms with Crippen molar-refractivity contribution in [3.8, 4) is 0 Å². The van der Waals surface area contributed by atoms with Crippen molar-refractivity contribution in [2.75, 3.05) is 0 Å². The number of hydrogen-bond donors (Lipinski definition) is 0. The minimum atomic E-state index is 0.402. The van der Waals surface area contributed by atoms with Crippen LogP contribution >= 0.6 is 0 Å². The second kappa shape index (κ2) is 6.70. The van der Waals surface area contributed by atoms with Crippen molar-refractivity contribution in [2.24, 2.45) is 0 Å². The normalized spacial score (nSPS) is 12.6. The van der Waals surface area contributed by atoms with E-state index in [9.17, 15) is 4.79 Å². The van der Waals surface area contributed by atoms with Gasteiger partial charge in [0.15, 0.2) is 6.29 Å². The quantitative estimate of drug-likeness (QED) is 0.736. The van der Waals surface area contributed by atoms with Crippen LogP contribution in [0.3, 0.4) is 0 Å². The van der Waals surface area contributed by atoms with E-state index >= 15 is 0 Å². The van der Waals surface area contributed by atoms with Gasteiger partial charge in [0.1, 0.15) is 0 Å². The molecule has 2 heterocycles. The minimum absolute atomic E-state index is 0.402. The first-order valence-electron chi connectivity index (χ1n) is 7.72. The van der Waals surface area contributed by atoms with Crippen LogP contribution < -0.4 is 0 Å². The molecule has 0 aliphatic carbocycles. The van der Waals surface area contributed by atoms with Gasteiger partial charge < -0.3 is 0 Å². The molecule has 0 fully saturated rings. The molecule has 0 saturated heterocycles. The lowest BCUT2D eigenvalue weighted by Gasteiger charge is -2.08. The predicted molar refractivity (Wildman–Crippen MR) is 82.7 cm³/mol. The summed E-state index contributed by atoms with van der Waals surface area (Å²) >= 11 is 0. The monoisotopic (exact) mass is 288 g/mol. The average molecular weight is 288 g/mol. The second-order valence-electron chi connectivity index (χ2n) is 5.33. The highest BCUT2D eigenvalue weighted by Gasteiger charge is 2.15. The van der Waals surface area contributed by atoms with Crippen molar-refractivity contribution in [2.45, 2.75) is 59.5 Å². The molecule has 0 bridgehead atoms. The van der Waals surface area contributed by atoms with Crippen molar-refractivity contribution in [1.82, 2.24) is 19.6 Å². The molecule has 0 radical (unpaired) electrons. The fraction of sp³-hybridized carbons (Fsp3) is 0.562. The molecule has 0 amide bonds. The average Bonchev–Trinajstić information content (AvgIpc) is 3.10. The Balaban J connectivity index is 2.29. The maximum atomic E-state index is 11.3. The van der Waals surface area contributed by atoms with Gasteiger partial charge in [0.25, 0.3) is 0 Å². The number of rotatable bonds is 7. The maximum absolute atomic E-state index is 11.3. The molecule has 0 aromatic carbocycles. The third-order valence-corrected chi connectivity index (χ3v) is 3.98. The van der Waals surface area contributed by atoms with Crippen molar-refractivity contribution >= 4 is 6.29 Å². The van der Waals surface area contributed by atoms with Crippen LogP contribution in [0.25, 0.3) is 0 Å². The summed E-state index contributed by atoms with van der Waals surface area (Å²) in [6, 6.07) is 2.43. The van der Waals surface area contributed by atoms with E-state index in [0.29, 0.717) is 12.6 Å². The Kier molecular flexibility index (Phi) is 4.94. The molecule has 0 spiro atoms. The summed E-state index contributed by atoms with van der Waals surface area (Å²) in [6.07, 6.45) is 5.57. The fourth-order valence-corrected chi connectivity index (χ4v) is 2.51. The van der Waals surface area contributed by atoms with Gasteiger partial charge in [-0.05, 0) is 32.3 Å². The van der Waals surface area contributed by atoms with Gasteiger partial charge in [0, 0.05) is 17.9 Å². The largest absolute Gasteiger partial charge is 0.298 e. The molecule has 5 nitrogen and oxygen atoms in total. The number of carbonyl (C=O) groups is 1. The lowest BCUT2D eigenvalue weighted by molar-refractivity contribution is 0.112. The first kappa shape index (κ1) is 15.5. The van der Waals surface area contributed by atoms with Gasteiger partial charge in [-0.3, -0.25) is 14.2 Å². The lowest BCUT2D eigenvalue weighted by atomic mass is 10.1. The summed E-state index contributed by atoms with van der Waals surface area (Å²) < 4.78 is 3.91. The Morgan fingerprint density at radius 3 is 2.57 bits per heavy atom. The van der Waals surface area contributed by atoms with E-state index in [1.54, 1.807) is 0 Å². The molecule has 0 saturated carbocycles. The van der Waals surface area contributed by atoms with Crippen molar-refractivity contribution in [1.29, 1.82) is 0 Å². The number of hydrogen-bond acceptors (Lipinski definition) is 3. The number of aldehydes is 1. The number of aromatic nitrogens is 4. The molecule has 114 valence electrons. The molecule has 1 atom stereocenters. The van der Waals surface area contributed by atoms with Crippen molar-refractivity contribution in [3.63, 3.8) is 0 Å². The van der Waals surface area contributed by atoms with E-state index in [0.717, 1.165) is 48.2 Å². The zero-order valence-corrected chi connectivity index (χ0v) is 13.3. The predicted octanol–water partition coefficient (Wildman–Crippen LogP) is 3.04. The van der Waals surface area contributed by atoms with Gasteiger partial charge in [-0.15, -0.1) is 0 Å². The summed E-state index contributed by atoms with van der Waals surface area (Å²) in [5.41, 5.74) is 3.61. The Morgan fingerprint density at radius 1 is 1.24 bits per heavy atom. The van der Waals surface area contributed by atoms with E-state index in [1.165, 1.54) is 0 Å². The van der Waals surface area contributed by atoms with Gasteiger partial charge in [0.05, 0.1) is 23.5 Å². The lowest BCUT2D eigenvalue weighted by Crippen LogP contribution is -2.09. The Hall–Kier alpha value is -1.91. The molecule has 2 rings (SSSR count). The van der Waals surface area contributed by atoms with E-state index < -0.39 is 0 Å². The first-order valence-corrected chi connectivity index (χ1v) is 7.72. The smallest absolute Gasteiger partial charge is 0.153 e. The SMILES string of the molecule is CCc1nn(Cc2ccn(C(C)CC)n2)c(CC)c1C=O. The molecule has 2 aromatic heterocycles. The van der Waals surface area contributed by atoms with E-state index in [-0.39, 0.29) is 0 Å². The Morgan fingerprint density at radius 2 is 2.00 bits per heavy atom. The molecule has 21 heavy (non-hydrogen) atoms. The van der Waals surface area contributed by atoms with Crippen molar-refractivity contribution in [3.05, 3.63) is 34.9 Å². The topological polar surface area (TPSA) is 52.7 Å². The molecule has 0 N–H and O–H groups in total. The van der Waals surface area contributed by atoms with E-state index in [2.05, 4.69) is 31.0 Å². The Bertz CT molecular complexity index is 612. The van der Waals surface area contributed by atoms with Gasteiger partial charge in [-0.2, -0.15) is 10.2 Å². The van der Waals surface area contributed by atoms with Crippen LogP contribution in [0.1, 0.15) is 67.6 Å². The molecule has 5 heteroatoms. The van der Waals surface area contributed by atoms with Gasteiger partial charge >= 0.3 is 0 Å². The van der Waals surface area contributed by atoms with Crippen LogP contribution in [0.2, 0.25) is 0 Å². The highest BCUT2D eigenvalue weighted by Crippen LogP contribution is 2.16. The number of carbonyl (C=O) groups excluding carboxylic acids is 1.